The fourth-order valence-electron chi connectivity index (χ4n) is 1.91. The van der Waals surface area contributed by atoms with E-state index in [4.69, 9.17) is 5.11 Å². The molecule has 3 heteroatoms. The van der Waals surface area contributed by atoms with Gasteiger partial charge in [0.05, 0.1) is 12.6 Å². The zero-order valence-electron chi connectivity index (χ0n) is 8.99. The summed E-state index contributed by atoms with van der Waals surface area (Å²) in [7, 11) is 0. The van der Waals surface area contributed by atoms with E-state index in [1.807, 2.05) is 19.9 Å². The topological polar surface area (TPSA) is 40.5 Å². The van der Waals surface area contributed by atoms with Crippen LogP contribution < -0.4 is 0 Å². The Morgan fingerprint density at radius 1 is 1.64 bits per heavy atom. The second-order valence-corrected chi connectivity index (χ2v) is 3.77. The zero-order valence-corrected chi connectivity index (χ0v) is 8.99. The number of amides is 1. The number of aliphatic hydroxyl groups is 1. The van der Waals surface area contributed by atoms with Gasteiger partial charge in [-0.3, -0.25) is 4.79 Å². The Labute approximate surface area is 85.4 Å². The predicted octanol–water partition coefficient (Wildman–Crippen LogP) is 1.33. The van der Waals surface area contributed by atoms with Gasteiger partial charge in [0.1, 0.15) is 0 Å². The van der Waals surface area contributed by atoms with Gasteiger partial charge in [-0.2, -0.15) is 0 Å². The number of carbonyl (C=O) groups is 1. The minimum Gasteiger partial charge on any atom is -0.394 e. The zero-order chi connectivity index (χ0) is 10.6. The highest BCUT2D eigenvalue weighted by Crippen LogP contribution is 2.19. The van der Waals surface area contributed by atoms with E-state index >= 15 is 0 Å². The Morgan fingerprint density at radius 3 is 2.93 bits per heavy atom. The van der Waals surface area contributed by atoms with E-state index in [0.717, 1.165) is 31.4 Å². The second kappa shape index (κ2) is 5.15. The van der Waals surface area contributed by atoms with Gasteiger partial charge in [0, 0.05) is 12.1 Å². The van der Waals surface area contributed by atoms with E-state index in [-0.39, 0.29) is 18.6 Å². The molecule has 1 heterocycles. The van der Waals surface area contributed by atoms with Crippen molar-refractivity contribution in [2.75, 3.05) is 13.2 Å². The van der Waals surface area contributed by atoms with Crippen molar-refractivity contribution in [2.45, 2.75) is 39.2 Å². The van der Waals surface area contributed by atoms with Crippen LogP contribution in [0.3, 0.4) is 0 Å². The van der Waals surface area contributed by atoms with Crippen molar-refractivity contribution in [1.82, 2.24) is 4.90 Å². The summed E-state index contributed by atoms with van der Waals surface area (Å²) in [5, 5.41) is 9.08. The van der Waals surface area contributed by atoms with Crippen LogP contribution in [-0.2, 0) is 4.79 Å². The van der Waals surface area contributed by atoms with Crippen molar-refractivity contribution < 1.29 is 9.90 Å². The predicted molar refractivity (Wildman–Crippen MR) is 55.9 cm³/mol. The number of hydrogen-bond donors (Lipinski definition) is 1. The van der Waals surface area contributed by atoms with Crippen molar-refractivity contribution in [3.63, 3.8) is 0 Å². The average molecular weight is 197 g/mol. The summed E-state index contributed by atoms with van der Waals surface area (Å²) in [6.07, 6.45) is 4.77. The molecular weight excluding hydrogens is 178 g/mol. The number of allylic oxidation sites excluding steroid dienone is 1. The van der Waals surface area contributed by atoms with Gasteiger partial charge in [-0.1, -0.05) is 13.0 Å². The quantitative estimate of drug-likeness (QED) is 0.693. The molecule has 0 aromatic carbocycles. The fourth-order valence-corrected chi connectivity index (χ4v) is 1.91. The number of nitrogens with zero attached hydrogens (tertiary/aromatic N) is 1. The van der Waals surface area contributed by atoms with Gasteiger partial charge in [0.2, 0.25) is 5.91 Å². The van der Waals surface area contributed by atoms with Crippen LogP contribution in [0.15, 0.2) is 11.6 Å². The first kappa shape index (κ1) is 11.2. The van der Waals surface area contributed by atoms with Crippen LogP contribution >= 0.6 is 0 Å². The van der Waals surface area contributed by atoms with Crippen molar-refractivity contribution in [2.24, 2.45) is 0 Å². The van der Waals surface area contributed by atoms with Gasteiger partial charge in [0.15, 0.2) is 0 Å². The second-order valence-electron chi connectivity index (χ2n) is 3.77. The molecule has 1 aliphatic heterocycles. The van der Waals surface area contributed by atoms with E-state index in [0.29, 0.717) is 0 Å². The minimum atomic E-state index is 0.0442. The minimum absolute atomic E-state index is 0.0442. The number of aliphatic hydroxyl groups excluding tert-OH is 1. The lowest BCUT2D eigenvalue weighted by Gasteiger charge is -2.23. The fraction of sp³-hybridized carbons (Fsp3) is 0.727. The van der Waals surface area contributed by atoms with Crippen LogP contribution in [-0.4, -0.2) is 35.1 Å². The molecule has 80 valence electrons. The maximum absolute atomic E-state index is 11.9. The van der Waals surface area contributed by atoms with Gasteiger partial charge in [-0.05, 0) is 26.2 Å². The lowest BCUT2D eigenvalue weighted by molar-refractivity contribution is -0.128. The highest BCUT2D eigenvalue weighted by Gasteiger charge is 2.28. The summed E-state index contributed by atoms with van der Waals surface area (Å²) in [5.41, 5.74) is 0.799. The summed E-state index contributed by atoms with van der Waals surface area (Å²) < 4.78 is 0. The summed E-state index contributed by atoms with van der Waals surface area (Å²) in [5.74, 6) is 0.0865. The molecule has 0 unspecified atom stereocenters. The molecule has 1 fully saturated rings. The first-order valence-electron chi connectivity index (χ1n) is 5.29. The molecule has 0 aromatic rings. The van der Waals surface area contributed by atoms with Crippen molar-refractivity contribution in [3.05, 3.63) is 11.6 Å². The third kappa shape index (κ3) is 2.35. The lowest BCUT2D eigenvalue weighted by Crippen LogP contribution is -2.38. The van der Waals surface area contributed by atoms with Crippen molar-refractivity contribution >= 4 is 5.91 Å². The lowest BCUT2D eigenvalue weighted by atomic mass is 10.2. The summed E-state index contributed by atoms with van der Waals surface area (Å²) in [6, 6.07) is 0.0442. The smallest absolute Gasteiger partial charge is 0.249 e. The standard InChI is InChI=1S/C11H19NO2/c1-3-5-9(2)11(14)12-7-4-6-10(12)8-13/h5,10,13H,3-4,6-8H2,1-2H3/t10-/m1/s1. The molecule has 1 amide bonds. The average Bonchev–Trinajstić information content (AvgIpc) is 2.64. The molecule has 0 aliphatic carbocycles. The maximum atomic E-state index is 11.9. The molecule has 1 N–H and O–H groups in total. The molecule has 0 aromatic heterocycles. The molecule has 0 saturated carbocycles. The first-order valence-corrected chi connectivity index (χ1v) is 5.29. The maximum Gasteiger partial charge on any atom is 0.249 e. The van der Waals surface area contributed by atoms with Gasteiger partial charge >= 0.3 is 0 Å². The van der Waals surface area contributed by atoms with Crippen LogP contribution in [0.5, 0.6) is 0 Å². The van der Waals surface area contributed by atoms with E-state index in [1.54, 1.807) is 4.90 Å². The van der Waals surface area contributed by atoms with Crippen LogP contribution in [0.4, 0.5) is 0 Å². The molecule has 1 atom stereocenters. The highest BCUT2D eigenvalue weighted by molar-refractivity contribution is 5.93. The van der Waals surface area contributed by atoms with E-state index in [9.17, 15) is 4.79 Å². The van der Waals surface area contributed by atoms with Gasteiger partial charge in [-0.25, -0.2) is 0 Å². The first-order chi connectivity index (χ1) is 6.70. The highest BCUT2D eigenvalue weighted by atomic mass is 16.3. The largest absolute Gasteiger partial charge is 0.394 e. The molecule has 0 spiro atoms. The monoisotopic (exact) mass is 197 g/mol. The van der Waals surface area contributed by atoms with E-state index in [2.05, 4.69) is 0 Å². The van der Waals surface area contributed by atoms with E-state index < -0.39 is 0 Å². The normalized spacial score (nSPS) is 22.9. The molecule has 1 rings (SSSR count). The molecule has 1 saturated heterocycles. The number of rotatable bonds is 3. The van der Waals surface area contributed by atoms with Crippen molar-refractivity contribution in [3.8, 4) is 0 Å². The number of likely N-dealkylation sites (tertiary alicyclic amines) is 1. The van der Waals surface area contributed by atoms with Crippen LogP contribution in [0.2, 0.25) is 0 Å². The van der Waals surface area contributed by atoms with Crippen LogP contribution in [0.25, 0.3) is 0 Å². The van der Waals surface area contributed by atoms with Gasteiger partial charge in [0.25, 0.3) is 0 Å². The van der Waals surface area contributed by atoms with Gasteiger partial charge < -0.3 is 10.0 Å². The van der Waals surface area contributed by atoms with Crippen molar-refractivity contribution in [1.29, 1.82) is 0 Å². The molecule has 14 heavy (non-hydrogen) atoms. The number of hydrogen-bond acceptors (Lipinski definition) is 2. The number of carbonyl (C=O) groups excluding carboxylic acids is 1. The molecule has 0 radical (unpaired) electrons. The van der Waals surface area contributed by atoms with Gasteiger partial charge in [-0.15, -0.1) is 0 Å². The summed E-state index contributed by atoms with van der Waals surface area (Å²) in [4.78, 5) is 13.6. The molecule has 1 aliphatic rings. The molecule has 0 bridgehead atoms. The third-order valence-corrected chi connectivity index (χ3v) is 2.70. The SMILES string of the molecule is CCC=C(C)C(=O)N1CCC[C@@H]1CO. The van der Waals surface area contributed by atoms with Crippen LogP contribution in [0, 0.1) is 0 Å². The Hall–Kier alpha value is -0.830. The van der Waals surface area contributed by atoms with E-state index in [1.165, 1.54) is 0 Å². The molecular formula is C11H19NO2. The van der Waals surface area contributed by atoms with Crippen LogP contribution in [0.1, 0.15) is 33.1 Å². The third-order valence-electron chi connectivity index (χ3n) is 2.70. The Bertz CT molecular complexity index is 235. The Balaban J connectivity index is 2.64. The Kier molecular flexibility index (Phi) is 4.14. The molecule has 3 nitrogen and oxygen atoms in total. The summed E-state index contributed by atoms with van der Waals surface area (Å²) in [6.45, 7) is 4.74. The Morgan fingerprint density at radius 2 is 2.36 bits per heavy atom. The summed E-state index contributed by atoms with van der Waals surface area (Å²) >= 11 is 0.